The third-order valence-electron chi connectivity index (χ3n) is 6.28. The van der Waals surface area contributed by atoms with Gasteiger partial charge in [0, 0.05) is 41.9 Å². The lowest BCUT2D eigenvalue weighted by Gasteiger charge is -2.15. The van der Waals surface area contributed by atoms with Gasteiger partial charge in [-0.25, -0.2) is 4.98 Å². The van der Waals surface area contributed by atoms with E-state index in [1.54, 1.807) is 7.11 Å². The molecule has 2 heterocycles. The molecule has 1 fully saturated rings. The van der Waals surface area contributed by atoms with E-state index in [2.05, 4.69) is 34.5 Å². The minimum atomic E-state index is 0.120. The van der Waals surface area contributed by atoms with E-state index in [-0.39, 0.29) is 6.61 Å². The predicted molar refractivity (Wildman–Crippen MR) is 130 cm³/mol. The van der Waals surface area contributed by atoms with Crippen LogP contribution in [-0.4, -0.2) is 53.6 Å². The average Bonchev–Trinajstić information content (AvgIpc) is 3.57. The minimum absolute atomic E-state index is 0.120. The second-order valence-electron chi connectivity index (χ2n) is 8.68. The molecule has 0 atom stereocenters. The number of aliphatic hydroxyl groups is 1. The van der Waals surface area contributed by atoms with Crippen LogP contribution in [0.4, 0.5) is 0 Å². The van der Waals surface area contributed by atoms with E-state index >= 15 is 0 Å². The van der Waals surface area contributed by atoms with Crippen LogP contribution < -0.4 is 14.8 Å². The van der Waals surface area contributed by atoms with Crippen molar-refractivity contribution in [2.24, 2.45) is 0 Å². The van der Waals surface area contributed by atoms with Crippen molar-refractivity contribution in [3.8, 4) is 34.5 Å². The predicted octanol–water partition coefficient (Wildman–Crippen LogP) is 4.30. The first-order chi connectivity index (χ1) is 16.6. The number of hydrogen-bond acceptors (Lipinski definition) is 8. The van der Waals surface area contributed by atoms with Gasteiger partial charge < -0.3 is 24.4 Å². The Balaban J connectivity index is 1.57. The maximum atomic E-state index is 8.88. The molecular weight excluding hydrogens is 432 g/mol. The van der Waals surface area contributed by atoms with Crippen molar-refractivity contribution in [3.63, 3.8) is 0 Å². The van der Waals surface area contributed by atoms with Gasteiger partial charge in [0.25, 0.3) is 5.89 Å². The van der Waals surface area contributed by atoms with Gasteiger partial charge in [-0.05, 0) is 55.5 Å². The molecule has 2 aromatic heterocycles. The standard InChI is InChI=1S/C26H34N4O4/c1-4-18-14-20(13-17(2)24(18)33-12-10-27-9-11-31)25-29-26(34-30-25)21-15-22(19-7-5-6-8-19)28-23(16-21)32-3/h13-16,19,27,31H,4-12H2,1-3H3. The first-order valence-electron chi connectivity index (χ1n) is 12.1. The van der Waals surface area contributed by atoms with E-state index in [1.165, 1.54) is 12.8 Å². The molecule has 1 saturated carbocycles. The van der Waals surface area contributed by atoms with Crippen LogP contribution in [-0.2, 0) is 6.42 Å². The minimum Gasteiger partial charge on any atom is -0.492 e. The third kappa shape index (κ3) is 5.56. The molecule has 0 aliphatic heterocycles. The van der Waals surface area contributed by atoms with Crippen LogP contribution in [0.15, 0.2) is 28.8 Å². The summed E-state index contributed by atoms with van der Waals surface area (Å²) in [6.07, 6.45) is 5.60. The number of nitrogens with one attached hydrogen (secondary N) is 1. The molecule has 1 aliphatic carbocycles. The van der Waals surface area contributed by atoms with Crippen LogP contribution in [0, 0.1) is 6.92 Å². The second-order valence-corrected chi connectivity index (χ2v) is 8.68. The Labute approximate surface area is 200 Å². The van der Waals surface area contributed by atoms with Crippen LogP contribution >= 0.6 is 0 Å². The Morgan fingerprint density at radius 1 is 1.09 bits per heavy atom. The van der Waals surface area contributed by atoms with Crippen LogP contribution in [0.1, 0.15) is 55.3 Å². The van der Waals surface area contributed by atoms with Crippen molar-refractivity contribution >= 4 is 0 Å². The van der Waals surface area contributed by atoms with E-state index in [1.807, 2.05) is 19.1 Å². The summed E-state index contributed by atoms with van der Waals surface area (Å²) in [5.74, 6) is 2.92. The number of ether oxygens (including phenoxy) is 2. The highest BCUT2D eigenvalue weighted by Crippen LogP contribution is 2.36. The van der Waals surface area contributed by atoms with E-state index in [9.17, 15) is 0 Å². The summed E-state index contributed by atoms with van der Waals surface area (Å²) in [4.78, 5) is 9.37. The number of hydrogen-bond donors (Lipinski definition) is 2. The van der Waals surface area contributed by atoms with Crippen LogP contribution in [0.2, 0.25) is 0 Å². The normalized spacial score (nSPS) is 14.0. The highest BCUT2D eigenvalue weighted by Gasteiger charge is 2.22. The maximum absolute atomic E-state index is 8.88. The molecular formula is C26H34N4O4. The maximum Gasteiger partial charge on any atom is 0.258 e. The molecule has 8 nitrogen and oxygen atoms in total. The molecule has 1 aromatic carbocycles. The summed E-state index contributed by atoms with van der Waals surface area (Å²) >= 11 is 0. The summed E-state index contributed by atoms with van der Waals surface area (Å²) in [5.41, 5.74) is 4.88. The summed E-state index contributed by atoms with van der Waals surface area (Å²) in [6.45, 7) is 6.03. The fourth-order valence-corrected chi connectivity index (χ4v) is 4.52. The molecule has 8 heteroatoms. The van der Waals surface area contributed by atoms with Gasteiger partial charge >= 0.3 is 0 Å². The zero-order chi connectivity index (χ0) is 23.9. The van der Waals surface area contributed by atoms with Crippen molar-refractivity contribution in [2.75, 3.05) is 33.4 Å². The Morgan fingerprint density at radius 2 is 1.91 bits per heavy atom. The van der Waals surface area contributed by atoms with Crippen molar-refractivity contribution in [2.45, 2.75) is 51.9 Å². The number of aromatic nitrogens is 3. The number of benzene rings is 1. The molecule has 34 heavy (non-hydrogen) atoms. The van der Waals surface area contributed by atoms with Gasteiger partial charge in [0.2, 0.25) is 11.7 Å². The molecule has 0 unspecified atom stereocenters. The van der Waals surface area contributed by atoms with Crippen molar-refractivity contribution in [1.82, 2.24) is 20.4 Å². The highest BCUT2D eigenvalue weighted by atomic mass is 16.5. The molecule has 182 valence electrons. The van der Waals surface area contributed by atoms with E-state index in [0.29, 0.717) is 43.2 Å². The number of rotatable bonds is 11. The number of pyridine rings is 1. The van der Waals surface area contributed by atoms with Gasteiger partial charge in [-0.1, -0.05) is 24.9 Å². The smallest absolute Gasteiger partial charge is 0.258 e. The largest absolute Gasteiger partial charge is 0.492 e. The Kier molecular flexibility index (Phi) is 8.13. The van der Waals surface area contributed by atoms with Gasteiger partial charge in [-0.3, -0.25) is 0 Å². The number of nitrogens with zero attached hydrogens (tertiary/aromatic N) is 3. The first-order valence-corrected chi connectivity index (χ1v) is 12.1. The van der Waals surface area contributed by atoms with E-state index in [0.717, 1.165) is 53.0 Å². The quantitative estimate of drug-likeness (QED) is 0.403. The second kappa shape index (κ2) is 11.4. The Hall–Kier alpha value is -2.97. The van der Waals surface area contributed by atoms with Crippen LogP contribution in [0.25, 0.3) is 22.8 Å². The summed E-state index contributed by atoms with van der Waals surface area (Å²) in [6, 6.07) is 8.00. The Morgan fingerprint density at radius 3 is 2.65 bits per heavy atom. The third-order valence-corrected chi connectivity index (χ3v) is 6.28. The molecule has 0 amide bonds. The number of aliphatic hydroxyl groups excluding tert-OH is 1. The summed E-state index contributed by atoms with van der Waals surface area (Å²) < 4.78 is 17.1. The Bertz CT molecular complexity index is 1090. The SMILES string of the molecule is CCc1cc(-c2noc(-c3cc(OC)nc(C4CCCC4)c3)n2)cc(C)c1OCCNCCO. The van der Waals surface area contributed by atoms with Crippen LogP contribution in [0.3, 0.4) is 0 Å². The van der Waals surface area contributed by atoms with Gasteiger partial charge in [-0.15, -0.1) is 0 Å². The molecule has 4 rings (SSSR count). The van der Waals surface area contributed by atoms with Crippen molar-refractivity contribution in [3.05, 3.63) is 41.1 Å². The number of aryl methyl sites for hydroxylation is 2. The van der Waals surface area contributed by atoms with Gasteiger partial charge in [0.1, 0.15) is 12.4 Å². The lowest BCUT2D eigenvalue weighted by atomic mass is 10.0. The summed E-state index contributed by atoms with van der Waals surface area (Å²) in [5, 5.41) is 16.3. The van der Waals surface area contributed by atoms with Gasteiger partial charge in [-0.2, -0.15) is 4.98 Å². The topological polar surface area (TPSA) is 103 Å². The van der Waals surface area contributed by atoms with Gasteiger partial charge in [0.05, 0.1) is 13.7 Å². The molecule has 0 spiro atoms. The highest BCUT2D eigenvalue weighted by molar-refractivity contribution is 5.64. The van der Waals surface area contributed by atoms with E-state index < -0.39 is 0 Å². The molecule has 3 aromatic rings. The fourth-order valence-electron chi connectivity index (χ4n) is 4.52. The molecule has 0 radical (unpaired) electrons. The molecule has 0 bridgehead atoms. The number of methoxy groups -OCH3 is 1. The van der Waals surface area contributed by atoms with E-state index in [4.69, 9.17) is 24.1 Å². The molecule has 0 saturated heterocycles. The lowest BCUT2D eigenvalue weighted by molar-refractivity contribution is 0.274. The van der Waals surface area contributed by atoms with Crippen molar-refractivity contribution < 1.29 is 19.1 Å². The first kappa shape index (κ1) is 24.2. The summed E-state index contributed by atoms with van der Waals surface area (Å²) in [7, 11) is 1.63. The van der Waals surface area contributed by atoms with Crippen molar-refractivity contribution in [1.29, 1.82) is 0 Å². The zero-order valence-electron chi connectivity index (χ0n) is 20.3. The monoisotopic (exact) mass is 466 g/mol. The van der Waals surface area contributed by atoms with Crippen LogP contribution in [0.5, 0.6) is 11.6 Å². The molecule has 2 N–H and O–H groups in total. The van der Waals surface area contributed by atoms with Gasteiger partial charge in [0.15, 0.2) is 0 Å². The zero-order valence-corrected chi connectivity index (χ0v) is 20.3. The lowest BCUT2D eigenvalue weighted by Crippen LogP contribution is -2.24. The fraction of sp³-hybridized carbons (Fsp3) is 0.500. The average molecular weight is 467 g/mol. The molecule has 1 aliphatic rings.